The van der Waals surface area contributed by atoms with Crippen molar-refractivity contribution in [3.63, 3.8) is 0 Å². The van der Waals surface area contributed by atoms with Gasteiger partial charge >= 0.3 is 0 Å². The maximum Gasteiger partial charge on any atom is 0.218 e. The van der Waals surface area contributed by atoms with E-state index >= 15 is 0 Å². The molecule has 1 heterocycles. The Balaban J connectivity index is 2.00. The Labute approximate surface area is 141 Å². The van der Waals surface area contributed by atoms with Crippen molar-refractivity contribution >= 4 is 27.3 Å². The van der Waals surface area contributed by atoms with Crippen molar-refractivity contribution in [2.24, 2.45) is 0 Å². The van der Waals surface area contributed by atoms with E-state index in [-0.39, 0.29) is 0 Å². The van der Waals surface area contributed by atoms with Crippen LogP contribution >= 0.6 is 15.9 Å². The van der Waals surface area contributed by atoms with Gasteiger partial charge in [0.15, 0.2) is 0 Å². The summed E-state index contributed by atoms with van der Waals surface area (Å²) in [4.78, 5) is 4.15. The molecule has 2 aromatic rings. The molecule has 2 nitrogen and oxygen atoms in total. The zero-order chi connectivity index (χ0) is 15.9. The Kier molecular flexibility index (Phi) is 4.00. The lowest BCUT2D eigenvalue weighted by Crippen LogP contribution is -2.21. The second kappa shape index (κ2) is 5.81. The minimum absolute atomic E-state index is 0.993. The summed E-state index contributed by atoms with van der Waals surface area (Å²) in [6, 6.07) is 12.7. The molecule has 0 bridgehead atoms. The topological polar surface area (TPSA) is 6.48 Å². The van der Waals surface area contributed by atoms with Crippen LogP contribution in [0.4, 0.5) is 11.4 Å². The van der Waals surface area contributed by atoms with Gasteiger partial charge in [-0.1, -0.05) is 36.4 Å². The van der Waals surface area contributed by atoms with Crippen molar-refractivity contribution in [1.29, 1.82) is 0 Å². The molecule has 22 heavy (non-hydrogen) atoms. The summed E-state index contributed by atoms with van der Waals surface area (Å²) in [5.74, 6) is 0. The molecule has 0 aliphatic carbocycles. The highest BCUT2D eigenvalue weighted by Crippen LogP contribution is 2.39. The van der Waals surface area contributed by atoms with Gasteiger partial charge in [0.05, 0.1) is 5.69 Å². The van der Waals surface area contributed by atoms with Crippen molar-refractivity contribution in [2.45, 2.75) is 27.7 Å². The molecule has 0 fully saturated rings. The van der Waals surface area contributed by atoms with E-state index in [1.165, 1.54) is 33.6 Å². The van der Waals surface area contributed by atoms with E-state index in [0.717, 1.165) is 4.61 Å². The second-order valence-electron chi connectivity index (χ2n) is 5.74. The summed E-state index contributed by atoms with van der Waals surface area (Å²) in [6.07, 6.45) is 2.07. The predicted octanol–water partition coefficient (Wildman–Crippen LogP) is 5.44. The molecule has 0 saturated carbocycles. The first-order valence-electron chi connectivity index (χ1n) is 7.34. The van der Waals surface area contributed by atoms with Crippen LogP contribution in [0.25, 0.3) is 0 Å². The van der Waals surface area contributed by atoms with Crippen LogP contribution in [-0.2, 0) is 0 Å². The Morgan fingerprint density at radius 1 is 0.773 bits per heavy atom. The molecule has 0 unspecified atom stereocenters. The zero-order valence-electron chi connectivity index (χ0n) is 13.3. The number of aryl methyl sites for hydroxylation is 4. The van der Waals surface area contributed by atoms with Gasteiger partial charge in [0.1, 0.15) is 4.61 Å². The number of para-hydroxylation sites is 2. The van der Waals surface area contributed by atoms with Gasteiger partial charge < -0.3 is 9.80 Å². The molecule has 0 amide bonds. The van der Waals surface area contributed by atoms with Gasteiger partial charge in [0.25, 0.3) is 0 Å². The molecule has 112 valence electrons. The van der Waals surface area contributed by atoms with Gasteiger partial charge in [-0.15, -0.1) is 0 Å². The molecule has 0 aromatic heterocycles. The van der Waals surface area contributed by atoms with E-state index in [0.29, 0.717) is 0 Å². The Bertz CT molecular complexity index is 709. The Morgan fingerprint density at radius 2 is 1.23 bits per heavy atom. The van der Waals surface area contributed by atoms with Gasteiger partial charge in [0, 0.05) is 11.9 Å². The molecule has 3 rings (SSSR count). The molecule has 1 aliphatic rings. The summed E-state index contributed by atoms with van der Waals surface area (Å²) in [6.45, 7) is 12.0. The Morgan fingerprint density at radius 3 is 1.73 bits per heavy atom. The molecule has 0 saturated heterocycles. The van der Waals surface area contributed by atoms with Gasteiger partial charge in [0.2, 0.25) is 6.67 Å². The lowest BCUT2D eigenvalue weighted by molar-refractivity contribution is 1.07. The van der Waals surface area contributed by atoms with Crippen molar-refractivity contribution in [3.8, 4) is 0 Å². The van der Waals surface area contributed by atoms with E-state index in [2.05, 4.69) is 103 Å². The van der Waals surface area contributed by atoms with Crippen LogP contribution in [0, 0.1) is 34.4 Å². The second-order valence-corrected chi connectivity index (χ2v) is 6.55. The molecule has 3 heteroatoms. The fourth-order valence-corrected chi connectivity index (χ4v) is 3.43. The number of halogens is 1. The van der Waals surface area contributed by atoms with Gasteiger partial charge in [-0.2, -0.15) is 0 Å². The fourth-order valence-electron chi connectivity index (χ4n) is 2.96. The number of hydrogen-bond donors (Lipinski definition) is 0. The summed E-state index contributed by atoms with van der Waals surface area (Å²) in [5, 5.41) is 0. The summed E-state index contributed by atoms with van der Waals surface area (Å²) < 4.78 is 0.993. The highest BCUT2D eigenvalue weighted by Gasteiger charge is 2.27. The smallest absolute Gasteiger partial charge is 0.218 e. The van der Waals surface area contributed by atoms with Crippen LogP contribution in [-0.4, -0.2) is 0 Å². The number of hydrogen-bond acceptors (Lipinski definition) is 2. The average Bonchev–Trinajstić information content (AvgIpc) is 2.80. The van der Waals surface area contributed by atoms with Crippen LogP contribution in [0.2, 0.25) is 0 Å². The molecular weight excluding hydrogens is 336 g/mol. The standard InChI is InChI=1S/C19H19BrN2/c1-13-7-5-8-14(2)18(13)21-11-17(20)22(12-21)19-15(3)9-6-10-16(19)4/h5-11H,1-4H3. The minimum atomic E-state index is 0.993. The van der Waals surface area contributed by atoms with E-state index < -0.39 is 0 Å². The zero-order valence-corrected chi connectivity index (χ0v) is 14.9. The van der Waals surface area contributed by atoms with E-state index in [1.807, 2.05) is 0 Å². The summed E-state index contributed by atoms with van der Waals surface area (Å²) in [5.41, 5.74) is 7.33. The number of anilines is 2. The average molecular weight is 355 g/mol. The van der Waals surface area contributed by atoms with Crippen LogP contribution in [0.15, 0.2) is 47.2 Å². The normalized spacial score (nSPS) is 14.5. The van der Waals surface area contributed by atoms with Crippen molar-refractivity contribution in [2.75, 3.05) is 9.80 Å². The lowest BCUT2D eigenvalue weighted by atomic mass is 10.1. The van der Waals surface area contributed by atoms with Crippen LogP contribution < -0.4 is 9.80 Å². The molecular formula is C19H19BrN2. The number of benzene rings is 2. The largest absolute Gasteiger partial charge is 0.313 e. The SMILES string of the molecule is Cc1cccc(C)c1N1[C]N(c2c(C)cccc2C)C(Br)=C1. The maximum absolute atomic E-state index is 3.68. The highest BCUT2D eigenvalue weighted by molar-refractivity contribution is 9.11. The maximum atomic E-state index is 3.68. The molecule has 0 spiro atoms. The van der Waals surface area contributed by atoms with Crippen LogP contribution in [0.1, 0.15) is 22.3 Å². The highest BCUT2D eigenvalue weighted by atomic mass is 79.9. The molecule has 1 aliphatic heterocycles. The van der Waals surface area contributed by atoms with Crippen LogP contribution in [0.5, 0.6) is 0 Å². The van der Waals surface area contributed by atoms with Crippen molar-refractivity contribution < 1.29 is 0 Å². The van der Waals surface area contributed by atoms with E-state index in [4.69, 9.17) is 0 Å². The molecule has 0 atom stereocenters. The Hall–Kier alpha value is -1.74. The lowest BCUT2D eigenvalue weighted by Gasteiger charge is -2.25. The van der Waals surface area contributed by atoms with E-state index in [1.54, 1.807) is 0 Å². The third-order valence-corrected chi connectivity index (χ3v) is 4.56. The monoisotopic (exact) mass is 354 g/mol. The van der Waals surface area contributed by atoms with Crippen molar-refractivity contribution in [1.82, 2.24) is 0 Å². The molecule has 2 radical (unpaired) electrons. The summed E-state index contributed by atoms with van der Waals surface area (Å²) in [7, 11) is 0. The van der Waals surface area contributed by atoms with Gasteiger partial charge in [-0.25, -0.2) is 0 Å². The first kappa shape index (κ1) is 15.2. The fraction of sp³-hybridized carbons (Fsp3) is 0.211. The number of nitrogens with zero attached hydrogens (tertiary/aromatic N) is 2. The van der Waals surface area contributed by atoms with E-state index in [9.17, 15) is 0 Å². The quantitative estimate of drug-likeness (QED) is 0.662. The summed E-state index contributed by atoms with van der Waals surface area (Å²) >= 11 is 3.68. The third-order valence-electron chi connectivity index (χ3n) is 4.00. The first-order valence-corrected chi connectivity index (χ1v) is 8.13. The van der Waals surface area contributed by atoms with Crippen LogP contribution in [0.3, 0.4) is 0 Å². The molecule has 2 aromatic carbocycles. The molecule has 0 N–H and O–H groups in total. The number of rotatable bonds is 2. The minimum Gasteiger partial charge on any atom is -0.313 e. The van der Waals surface area contributed by atoms with Gasteiger partial charge in [-0.3, -0.25) is 0 Å². The van der Waals surface area contributed by atoms with Crippen molar-refractivity contribution in [3.05, 3.63) is 76.1 Å². The first-order chi connectivity index (χ1) is 10.5. The third kappa shape index (κ3) is 2.54. The predicted molar refractivity (Wildman–Crippen MR) is 97.0 cm³/mol. The van der Waals surface area contributed by atoms with Gasteiger partial charge in [-0.05, 0) is 65.9 Å².